The van der Waals surface area contributed by atoms with Crippen LogP contribution < -0.4 is 0 Å². The molecule has 0 aliphatic heterocycles. The van der Waals surface area contributed by atoms with Gasteiger partial charge in [0.2, 0.25) is 0 Å². The fourth-order valence-corrected chi connectivity index (χ4v) is 3.54. The van der Waals surface area contributed by atoms with E-state index in [0.29, 0.717) is 0 Å². The summed E-state index contributed by atoms with van der Waals surface area (Å²) in [7, 11) is -1.64. The van der Waals surface area contributed by atoms with Crippen molar-refractivity contribution in [1.82, 2.24) is 9.55 Å². The number of para-hydroxylation sites is 2. The average molecular weight is 331 g/mol. The van der Waals surface area contributed by atoms with Crippen molar-refractivity contribution in [1.29, 1.82) is 0 Å². The first kappa shape index (κ1) is 18.0. The Bertz CT molecular complexity index is 655. The summed E-state index contributed by atoms with van der Waals surface area (Å²) in [6.45, 7) is 16.3. The van der Waals surface area contributed by atoms with Gasteiger partial charge in [-0.05, 0) is 43.1 Å². The topological polar surface area (TPSA) is 27.1 Å². The van der Waals surface area contributed by atoms with E-state index < -0.39 is 8.32 Å². The van der Waals surface area contributed by atoms with Crippen molar-refractivity contribution in [2.45, 2.75) is 57.8 Å². The summed E-state index contributed by atoms with van der Waals surface area (Å²) in [5.41, 5.74) is 2.21. The molecule has 0 aliphatic carbocycles. The molecule has 1 atom stereocenters. The van der Waals surface area contributed by atoms with E-state index in [1.807, 2.05) is 24.5 Å². The van der Waals surface area contributed by atoms with Crippen LogP contribution in [-0.2, 0) is 4.43 Å². The Morgan fingerprint density at radius 3 is 2.65 bits per heavy atom. The van der Waals surface area contributed by atoms with Gasteiger partial charge in [0, 0.05) is 6.61 Å². The van der Waals surface area contributed by atoms with Gasteiger partial charge in [-0.15, -0.1) is 6.58 Å². The third-order valence-electron chi connectivity index (χ3n) is 5.02. The van der Waals surface area contributed by atoms with Crippen LogP contribution in [0.5, 0.6) is 0 Å². The average Bonchev–Trinajstić information content (AvgIpc) is 2.90. The van der Waals surface area contributed by atoms with E-state index in [4.69, 9.17) is 4.43 Å². The van der Waals surface area contributed by atoms with Crippen LogP contribution in [0.2, 0.25) is 18.1 Å². The Labute approximate surface area is 141 Å². The molecule has 23 heavy (non-hydrogen) atoms. The monoisotopic (exact) mass is 330 g/mol. The first-order valence-corrected chi connectivity index (χ1v) is 11.4. The summed E-state index contributed by atoms with van der Waals surface area (Å²) in [5.74, 6) is 0. The molecule has 126 valence electrons. The summed E-state index contributed by atoms with van der Waals surface area (Å²) in [4.78, 5) is 4.48. The summed E-state index contributed by atoms with van der Waals surface area (Å²) < 4.78 is 8.49. The van der Waals surface area contributed by atoms with E-state index in [1.54, 1.807) is 0 Å². The first-order chi connectivity index (χ1) is 10.8. The smallest absolute Gasteiger partial charge is 0.191 e. The molecule has 3 nitrogen and oxygen atoms in total. The third kappa shape index (κ3) is 4.12. The summed E-state index contributed by atoms with van der Waals surface area (Å²) in [6.07, 6.45) is 6.00. The predicted octanol–water partition coefficient (Wildman–Crippen LogP) is 5.57. The van der Waals surface area contributed by atoms with Crippen molar-refractivity contribution in [3.63, 3.8) is 0 Å². The van der Waals surface area contributed by atoms with Gasteiger partial charge in [-0.1, -0.05) is 39.0 Å². The Balaban J connectivity index is 1.95. The predicted molar refractivity (Wildman–Crippen MR) is 101 cm³/mol. The van der Waals surface area contributed by atoms with Crippen LogP contribution >= 0.6 is 0 Å². The minimum Gasteiger partial charge on any atom is -0.417 e. The fourth-order valence-electron chi connectivity index (χ4n) is 2.45. The molecule has 0 amide bonds. The standard InChI is InChI=1S/C19H30N2OSi/c1-7-16(11-10-14-22-23(5,6)19(2,3)4)21-15-20-17-12-8-9-13-18(17)21/h7-9,12-13,15-16H,1,10-11,14H2,2-6H3/t16-/m0/s1. The van der Waals surface area contributed by atoms with Crippen LogP contribution in [0.1, 0.15) is 39.7 Å². The molecule has 1 aromatic heterocycles. The van der Waals surface area contributed by atoms with E-state index in [0.717, 1.165) is 25.0 Å². The SMILES string of the molecule is C=C[C@@H](CCCO[Si](C)(C)C(C)(C)C)n1cnc2ccccc21. The highest BCUT2D eigenvalue weighted by Crippen LogP contribution is 2.36. The second-order valence-electron chi connectivity index (χ2n) is 7.69. The second-order valence-corrected chi connectivity index (χ2v) is 12.5. The first-order valence-electron chi connectivity index (χ1n) is 8.44. The molecule has 0 saturated carbocycles. The maximum atomic E-state index is 6.27. The number of hydrogen-bond acceptors (Lipinski definition) is 2. The zero-order valence-corrected chi connectivity index (χ0v) is 16.2. The molecule has 2 rings (SSSR count). The fraction of sp³-hybridized carbons (Fsp3) is 0.526. The van der Waals surface area contributed by atoms with Gasteiger partial charge in [-0.3, -0.25) is 0 Å². The molecule has 1 aromatic carbocycles. The van der Waals surface area contributed by atoms with Crippen molar-refractivity contribution in [3.05, 3.63) is 43.2 Å². The molecular weight excluding hydrogens is 300 g/mol. The molecule has 4 heteroatoms. The Morgan fingerprint density at radius 2 is 2.00 bits per heavy atom. The third-order valence-corrected chi connectivity index (χ3v) is 9.56. The molecule has 0 radical (unpaired) electrons. The summed E-state index contributed by atoms with van der Waals surface area (Å²) in [5, 5.41) is 0.269. The largest absolute Gasteiger partial charge is 0.417 e. The minimum absolute atomic E-state index is 0.269. The highest BCUT2D eigenvalue weighted by molar-refractivity contribution is 6.74. The van der Waals surface area contributed by atoms with Crippen LogP contribution in [0.15, 0.2) is 43.2 Å². The van der Waals surface area contributed by atoms with Crippen molar-refractivity contribution < 1.29 is 4.43 Å². The van der Waals surface area contributed by atoms with Gasteiger partial charge in [-0.25, -0.2) is 4.98 Å². The Hall–Kier alpha value is -1.39. The van der Waals surface area contributed by atoms with Crippen molar-refractivity contribution >= 4 is 19.4 Å². The Morgan fingerprint density at radius 1 is 1.30 bits per heavy atom. The highest BCUT2D eigenvalue weighted by Gasteiger charge is 2.36. The normalized spacial score (nSPS) is 14.1. The lowest BCUT2D eigenvalue weighted by molar-refractivity contribution is 0.273. The molecule has 0 unspecified atom stereocenters. The van der Waals surface area contributed by atoms with E-state index in [2.05, 4.69) is 62.1 Å². The maximum Gasteiger partial charge on any atom is 0.191 e. The molecule has 0 saturated heterocycles. The van der Waals surface area contributed by atoms with Gasteiger partial charge in [0.25, 0.3) is 0 Å². The van der Waals surface area contributed by atoms with E-state index in [1.165, 1.54) is 5.52 Å². The Kier molecular flexibility index (Phi) is 5.47. The van der Waals surface area contributed by atoms with Crippen LogP contribution in [0.25, 0.3) is 11.0 Å². The molecule has 0 aliphatic rings. The van der Waals surface area contributed by atoms with Crippen LogP contribution in [-0.4, -0.2) is 24.5 Å². The zero-order valence-electron chi connectivity index (χ0n) is 15.2. The quantitative estimate of drug-likeness (QED) is 0.377. The van der Waals surface area contributed by atoms with Crippen LogP contribution in [0.3, 0.4) is 0 Å². The number of hydrogen-bond donors (Lipinski definition) is 0. The van der Waals surface area contributed by atoms with Crippen molar-refractivity contribution in [2.75, 3.05) is 6.61 Å². The van der Waals surface area contributed by atoms with Gasteiger partial charge in [-0.2, -0.15) is 0 Å². The molecular formula is C19H30N2OSi. The van der Waals surface area contributed by atoms with Crippen molar-refractivity contribution in [2.24, 2.45) is 0 Å². The van der Waals surface area contributed by atoms with Gasteiger partial charge >= 0.3 is 0 Å². The van der Waals surface area contributed by atoms with Gasteiger partial charge in [0.05, 0.1) is 23.4 Å². The number of allylic oxidation sites excluding steroid dienone is 1. The van der Waals surface area contributed by atoms with Gasteiger partial charge in [0.1, 0.15) is 0 Å². The lowest BCUT2D eigenvalue weighted by atomic mass is 10.1. The van der Waals surface area contributed by atoms with Crippen molar-refractivity contribution in [3.8, 4) is 0 Å². The van der Waals surface area contributed by atoms with E-state index in [9.17, 15) is 0 Å². The zero-order chi connectivity index (χ0) is 17.1. The molecule has 0 fully saturated rings. The molecule has 0 N–H and O–H groups in total. The van der Waals surface area contributed by atoms with Crippen LogP contribution in [0, 0.1) is 0 Å². The highest BCUT2D eigenvalue weighted by atomic mass is 28.4. The molecule has 1 heterocycles. The minimum atomic E-state index is -1.64. The summed E-state index contributed by atoms with van der Waals surface area (Å²) >= 11 is 0. The second kappa shape index (κ2) is 7.01. The number of benzene rings is 1. The van der Waals surface area contributed by atoms with Gasteiger partial charge in [0.15, 0.2) is 8.32 Å². The lowest BCUT2D eigenvalue weighted by Gasteiger charge is -2.36. The number of aromatic nitrogens is 2. The number of rotatable bonds is 7. The summed E-state index contributed by atoms with van der Waals surface area (Å²) in [6, 6.07) is 8.51. The molecule has 0 bridgehead atoms. The van der Waals surface area contributed by atoms with E-state index in [-0.39, 0.29) is 11.1 Å². The maximum absolute atomic E-state index is 6.27. The number of fused-ring (bicyclic) bond motifs is 1. The number of nitrogens with zero attached hydrogens (tertiary/aromatic N) is 2. The van der Waals surface area contributed by atoms with Gasteiger partial charge < -0.3 is 8.99 Å². The molecule has 0 spiro atoms. The van der Waals surface area contributed by atoms with Crippen LogP contribution in [0.4, 0.5) is 0 Å². The van der Waals surface area contributed by atoms with E-state index >= 15 is 0 Å². The number of imidazole rings is 1. The molecule has 2 aromatic rings. The lowest BCUT2D eigenvalue weighted by Crippen LogP contribution is -2.41.